The summed E-state index contributed by atoms with van der Waals surface area (Å²) in [6.07, 6.45) is 2.01. The predicted octanol–water partition coefficient (Wildman–Crippen LogP) is 3.14. The van der Waals surface area contributed by atoms with Crippen molar-refractivity contribution in [1.82, 2.24) is 9.62 Å². The molecule has 0 radical (unpaired) electrons. The topological polar surface area (TPSA) is 49.4 Å². The molecule has 2 heterocycles. The van der Waals surface area contributed by atoms with Gasteiger partial charge >= 0.3 is 0 Å². The van der Waals surface area contributed by atoms with Crippen LogP contribution in [0.15, 0.2) is 14.7 Å². The Hall–Kier alpha value is 0.400. The van der Waals surface area contributed by atoms with Crippen molar-refractivity contribution in [2.45, 2.75) is 37.2 Å². The minimum absolute atomic E-state index is 0.119. The van der Waals surface area contributed by atoms with Gasteiger partial charge in [0.05, 0.1) is 3.79 Å². The fourth-order valence-electron chi connectivity index (χ4n) is 2.21. The molecule has 1 atom stereocenters. The molecule has 0 saturated carbocycles. The van der Waals surface area contributed by atoms with Crippen LogP contribution in [-0.2, 0) is 16.6 Å². The molecule has 1 N–H and O–H groups in total. The van der Waals surface area contributed by atoms with Crippen LogP contribution in [0.5, 0.6) is 0 Å². The van der Waals surface area contributed by atoms with E-state index in [9.17, 15) is 8.42 Å². The highest BCUT2D eigenvalue weighted by Crippen LogP contribution is 2.35. The van der Waals surface area contributed by atoms with Crippen molar-refractivity contribution in [3.8, 4) is 0 Å². The molecule has 0 spiro atoms. The Labute approximate surface area is 143 Å². The molecule has 1 unspecified atom stereocenters. The molecule has 1 saturated heterocycles. The summed E-state index contributed by atoms with van der Waals surface area (Å²) in [6, 6.07) is 1.92. The third kappa shape index (κ3) is 4.23. The van der Waals surface area contributed by atoms with E-state index in [2.05, 4.69) is 28.2 Å². The van der Waals surface area contributed by atoms with Crippen LogP contribution in [0.4, 0.5) is 0 Å². The maximum atomic E-state index is 12.8. The molecule has 2 rings (SSSR count). The van der Waals surface area contributed by atoms with Crippen LogP contribution < -0.4 is 5.32 Å². The maximum Gasteiger partial charge on any atom is 0.245 e. The first kappa shape index (κ1) is 17.7. The van der Waals surface area contributed by atoms with Gasteiger partial charge in [-0.15, -0.1) is 11.3 Å². The average Bonchev–Trinajstić information content (AvgIpc) is 3.08. The minimum Gasteiger partial charge on any atom is -0.312 e. The monoisotopic (exact) mass is 412 g/mol. The summed E-state index contributed by atoms with van der Waals surface area (Å²) in [5.74, 6) is 1.93. The summed E-state index contributed by atoms with van der Waals surface area (Å²) in [4.78, 5) is 1.45. The molecule has 0 amide bonds. The fraction of sp³-hybridized carbons (Fsp3) is 0.692. The highest BCUT2D eigenvalue weighted by molar-refractivity contribution is 9.11. The Bertz CT molecular complexity index is 568. The molecule has 1 aliphatic heterocycles. The lowest BCUT2D eigenvalue weighted by Gasteiger charge is -2.22. The summed E-state index contributed by atoms with van der Waals surface area (Å²) >= 11 is 6.73. The lowest BCUT2D eigenvalue weighted by atomic mass is 10.3. The largest absolute Gasteiger partial charge is 0.312 e. The summed E-state index contributed by atoms with van der Waals surface area (Å²) < 4.78 is 27.8. The van der Waals surface area contributed by atoms with Crippen molar-refractivity contribution in [2.75, 3.05) is 25.1 Å². The predicted molar refractivity (Wildman–Crippen MR) is 94.7 cm³/mol. The zero-order valence-electron chi connectivity index (χ0n) is 12.3. The summed E-state index contributed by atoms with van der Waals surface area (Å²) in [6.45, 7) is 3.77. The van der Waals surface area contributed by atoms with E-state index in [0.29, 0.717) is 8.68 Å². The second-order valence-electron chi connectivity index (χ2n) is 5.07. The van der Waals surface area contributed by atoms with E-state index in [1.165, 1.54) is 11.3 Å². The van der Waals surface area contributed by atoms with E-state index in [-0.39, 0.29) is 6.04 Å². The van der Waals surface area contributed by atoms with Gasteiger partial charge < -0.3 is 5.32 Å². The zero-order chi connectivity index (χ0) is 15.5. The minimum atomic E-state index is -3.41. The van der Waals surface area contributed by atoms with Crippen molar-refractivity contribution in [1.29, 1.82) is 0 Å². The quantitative estimate of drug-likeness (QED) is 0.698. The third-order valence-corrected chi connectivity index (χ3v) is 8.82. The number of halogens is 1. The maximum absolute atomic E-state index is 12.8. The number of rotatable bonds is 7. The number of nitrogens with zero attached hydrogens (tertiary/aromatic N) is 1. The molecule has 1 aliphatic rings. The molecule has 1 aromatic rings. The number of thioether (sulfide) groups is 1. The van der Waals surface area contributed by atoms with Gasteiger partial charge in [-0.25, -0.2) is 8.42 Å². The van der Waals surface area contributed by atoms with Crippen LogP contribution in [0.3, 0.4) is 0 Å². The first-order chi connectivity index (χ1) is 9.96. The Morgan fingerprint density at radius 2 is 2.29 bits per heavy atom. The van der Waals surface area contributed by atoms with E-state index in [4.69, 9.17) is 0 Å². The second kappa shape index (κ2) is 7.79. The van der Waals surface area contributed by atoms with Gasteiger partial charge in [-0.2, -0.15) is 16.1 Å². The molecule has 1 aromatic heterocycles. The molecule has 0 aromatic carbocycles. The number of sulfonamides is 1. The van der Waals surface area contributed by atoms with Gasteiger partial charge in [0, 0.05) is 30.3 Å². The Morgan fingerprint density at radius 3 is 2.90 bits per heavy atom. The second-order valence-corrected chi connectivity index (χ2v) is 10.6. The number of thiophene rings is 1. The molecule has 120 valence electrons. The summed E-state index contributed by atoms with van der Waals surface area (Å²) in [5, 5.41) is 3.31. The van der Waals surface area contributed by atoms with Crippen molar-refractivity contribution < 1.29 is 8.42 Å². The van der Waals surface area contributed by atoms with Crippen LogP contribution in [-0.4, -0.2) is 43.9 Å². The molecule has 21 heavy (non-hydrogen) atoms. The van der Waals surface area contributed by atoms with Crippen molar-refractivity contribution in [3.05, 3.63) is 14.7 Å². The van der Waals surface area contributed by atoms with Crippen LogP contribution in [0.2, 0.25) is 0 Å². The van der Waals surface area contributed by atoms with Crippen molar-refractivity contribution >= 4 is 49.1 Å². The zero-order valence-corrected chi connectivity index (χ0v) is 16.3. The molecule has 0 bridgehead atoms. The van der Waals surface area contributed by atoms with Crippen LogP contribution in [0.25, 0.3) is 0 Å². The Morgan fingerprint density at radius 1 is 1.52 bits per heavy atom. The number of hydrogen-bond acceptors (Lipinski definition) is 5. The fourth-order valence-corrected chi connectivity index (χ4v) is 7.56. The smallest absolute Gasteiger partial charge is 0.245 e. The van der Waals surface area contributed by atoms with Crippen LogP contribution in [0.1, 0.15) is 24.6 Å². The standard InChI is InChI=1S/C13H21BrN2O2S3/c1-3-5-15-8-11-7-12(13(14)20-11)21(17,18)16(2)10-4-6-19-9-10/h7,10,15H,3-6,8-9H2,1-2H3. The first-order valence-electron chi connectivity index (χ1n) is 7.01. The summed E-state index contributed by atoms with van der Waals surface area (Å²) in [7, 11) is -1.71. The lowest BCUT2D eigenvalue weighted by Crippen LogP contribution is -2.36. The molecule has 1 fully saturated rings. The van der Waals surface area contributed by atoms with E-state index >= 15 is 0 Å². The summed E-state index contributed by atoms with van der Waals surface area (Å²) in [5.41, 5.74) is 0. The van der Waals surface area contributed by atoms with Gasteiger partial charge in [0.25, 0.3) is 0 Å². The van der Waals surface area contributed by atoms with Gasteiger partial charge in [0.15, 0.2) is 0 Å². The molecular formula is C13H21BrN2O2S3. The van der Waals surface area contributed by atoms with Gasteiger partial charge in [-0.05, 0) is 47.1 Å². The first-order valence-corrected chi connectivity index (χ1v) is 11.2. The van der Waals surface area contributed by atoms with E-state index in [1.807, 2.05) is 11.8 Å². The number of nitrogens with one attached hydrogen (secondary N) is 1. The van der Waals surface area contributed by atoms with E-state index in [0.717, 1.165) is 42.3 Å². The molecule has 0 aliphatic carbocycles. The highest BCUT2D eigenvalue weighted by atomic mass is 79.9. The molecular weight excluding hydrogens is 392 g/mol. The number of hydrogen-bond donors (Lipinski definition) is 1. The van der Waals surface area contributed by atoms with Gasteiger partial charge in [-0.1, -0.05) is 6.92 Å². The Kier molecular flexibility index (Phi) is 6.58. The average molecular weight is 413 g/mol. The molecule has 4 nitrogen and oxygen atoms in total. The van der Waals surface area contributed by atoms with Gasteiger partial charge in [0.1, 0.15) is 4.90 Å². The Balaban J connectivity index is 2.15. The third-order valence-electron chi connectivity index (χ3n) is 3.51. The van der Waals surface area contributed by atoms with Crippen molar-refractivity contribution in [3.63, 3.8) is 0 Å². The highest BCUT2D eigenvalue weighted by Gasteiger charge is 2.32. The van der Waals surface area contributed by atoms with Gasteiger partial charge in [0.2, 0.25) is 10.0 Å². The SMILES string of the molecule is CCCNCc1cc(S(=O)(=O)N(C)C2CCSC2)c(Br)s1. The lowest BCUT2D eigenvalue weighted by molar-refractivity contribution is 0.394. The normalized spacial score (nSPS) is 19.5. The van der Waals surface area contributed by atoms with Gasteiger partial charge in [-0.3, -0.25) is 0 Å². The van der Waals surface area contributed by atoms with Crippen molar-refractivity contribution in [2.24, 2.45) is 0 Å². The van der Waals surface area contributed by atoms with E-state index < -0.39 is 10.0 Å². The van der Waals surface area contributed by atoms with E-state index in [1.54, 1.807) is 17.4 Å². The molecule has 8 heteroatoms. The van der Waals surface area contributed by atoms with Crippen LogP contribution in [0, 0.1) is 0 Å². The van der Waals surface area contributed by atoms with Crippen LogP contribution >= 0.6 is 39.0 Å².